The third kappa shape index (κ3) is 4.01. The molecule has 0 amide bonds. The van der Waals surface area contributed by atoms with Crippen molar-refractivity contribution in [1.82, 2.24) is 0 Å². The molecule has 0 unspecified atom stereocenters. The van der Waals surface area contributed by atoms with Crippen molar-refractivity contribution in [2.24, 2.45) is 0 Å². The smallest absolute Gasteiger partial charge is 0.328 e. The van der Waals surface area contributed by atoms with E-state index in [2.05, 4.69) is 0 Å². The predicted molar refractivity (Wildman–Crippen MR) is 78.4 cm³/mol. The van der Waals surface area contributed by atoms with E-state index >= 15 is 0 Å². The van der Waals surface area contributed by atoms with Gasteiger partial charge >= 0.3 is 5.97 Å². The molecule has 2 aromatic carbocycles. The standard InChI is InChI=1S/C15H12O5S/c16-15(17)10-3-11-1-4-12(5-2-11)13-6-8-14(9-7-13)21(18,19)20/h1-10H,(H,16,17)(H,18,19,20). The van der Waals surface area contributed by atoms with Gasteiger partial charge in [0.1, 0.15) is 0 Å². The molecule has 0 aliphatic rings. The number of benzene rings is 2. The van der Waals surface area contributed by atoms with Gasteiger partial charge in [0.2, 0.25) is 0 Å². The van der Waals surface area contributed by atoms with Gasteiger partial charge in [-0.25, -0.2) is 4.79 Å². The Labute approximate surface area is 121 Å². The summed E-state index contributed by atoms with van der Waals surface area (Å²) in [6.07, 6.45) is 2.53. The summed E-state index contributed by atoms with van der Waals surface area (Å²) in [5.74, 6) is -1.01. The first-order valence-electron chi connectivity index (χ1n) is 5.95. The van der Waals surface area contributed by atoms with Gasteiger partial charge < -0.3 is 5.11 Å². The van der Waals surface area contributed by atoms with Crippen LogP contribution in [0.5, 0.6) is 0 Å². The molecule has 0 aliphatic carbocycles. The van der Waals surface area contributed by atoms with E-state index in [0.29, 0.717) is 0 Å². The van der Waals surface area contributed by atoms with E-state index in [1.807, 2.05) is 0 Å². The minimum absolute atomic E-state index is 0.160. The Morgan fingerprint density at radius 3 is 1.81 bits per heavy atom. The molecule has 0 fully saturated rings. The lowest BCUT2D eigenvalue weighted by molar-refractivity contribution is -0.131. The Morgan fingerprint density at radius 2 is 1.38 bits per heavy atom. The van der Waals surface area contributed by atoms with Gasteiger partial charge in [-0.3, -0.25) is 4.55 Å². The lowest BCUT2D eigenvalue weighted by Crippen LogP contribution is -1.97. The van der Waals surface area contributed by atoms with Crippen LogP contribution >= 0.6 is 0 Å². The van der Waals surface area contributed by atoms with Crippen molar-refractivity contribution in [3.63, 3.8) is 0 Å². The van der Waals surface area contributed by atoms with Crippen molar-refractivity contribution >= 4 is 22.2 Å². The molecule has 6 heteroatoms. The van der Waals surface area contributed by atoms with Crippen LogP contribution < -0.4 is 0 Å². The van der Waals surface area contributed by atoms with Gasteiger partial charge in [0.15, 0.2) is 0 Å². The Bertz CT molecular complexity index is 772. The molecule has 2 rings (SSSR count). The molecule has 0 atom stereocenters. The zero-order valence-corrected chi connectivity index (χ0v) is 11.6. The summed E-state index contributed by atoms with van der Waals surface area (Å²) < 4.78 is 30.8. The highest BCUT2D eigenvalue weighted by atomic mass is 32.2. The lowest BCUT2D eigenvalue weighted by atomic mass is 10.0. The second kappa shape index (κ2) is 5.90. The van der Waals surface area contributed by atoms with Crippen LogP contribution in [0.1, 0.15) is 5.56 Å². The Hall–Kier alpha value is -2.44. The summed E-state index contributed by atoms with van der Waals surface area (Å²) in [6.45, 7) is 0. The van der Waals surface area contributed by atoms with Crippen molar-refractivity contribution in [3.05, 3.63) is 60.2 Å². The third-order valence-electron chi connectivity index (χ3n) is 2.81. The van der Waals surface area contributed by atoms with E-state index in [1.54, 1.807) is 36.4 Å². The van der Waals surface area contributed by atoms with E-state index in [0.717, 1.165) is 22.8 Å². The van der Waals surface area contributed by atoms with Crippen LogP contribution in [0.2, 0.25) is 0 Å². The highest BCUT2D eigenvalue weighted by molar-refractivity contribution is 7.85. The molecule has 0 aliphatic heterocycles. The first-order valence-corrected chi connectivity index (χ1v) is 7.39. The predicted octanol–water partition coefficient (Wildman–Crippen LogP) is 2.70. The normalized spacial score (nSPS) is 11.7. The zero-order chi connectivity index (χ0) is 15.5. The molecule has 0 bridgehead atoms. The van der Waals surface area contributed by atoms with Crippen LogP contribution in [0.3, 0.4) is 0 Å². The molecule has 0 aromatic heterocycles. The minimum atomic E-state index is -4.19. The second-order valence-electron chi connectivity index (χ2n) is 4.29. The fourth-order valence-corrected chi connectivity index (χ4v) is 2.25. The Kier molecular flexibility index (Phi) is 4.21. The van der Waals surface area contributed by atoms with Gasteiger partial charge in [-0.1, -0.05) is 36.4 Å². The molecule has 0 saturated heterocycles. The molecule has 108 valence electrons. The summed E-state index contributed by atoms with van der Waals surface area (Å²) in [4.78, 5) is 10.3. The van der Waals surface area contributed by atoms with Gasteiger partial charge in [0, 0.05) is 6.08 Å². The monoisotopic (exact) mass is 304 g/mol. The topological polar surface area (TPSA) is 91.7 Å². The second-order valence-corrected chi connectivity index (χ2v) is 5.71. The average Bonchev–Trinajstić information content (AvgIpc) is 2.45. The molecular formula is C15H12O5S. The fourth-order valence-electron chi connectivity index (χ4n) is 1.77. The van der Waals surface area contributed by atoms with Gasteiger partial charge in [-0.15, -0.1) is 0 Å². The van der Waals surface area contributed by atoms with Crippen molar-refractivity contribution in [2.75, 3.05) is 0 Å². The molecule has 0 radical (unpaired) electrons. The zero-order valence-electron chi connectivity index (χ0n) is 10.8. The Balaban J connectivity index is 2.25. The number of carboxylic acids is 1. The molecule has 0 spiro atoms. The molecule has 2 aromatic rings. The highest BCUT2D eigenvalue weighted by Gasteiger charge is 2.08. The van der Waals surface area contributed by atoms with E-state index < -0.39 is 16.1 Å². The molecule has 21 heavy (non-hydrogen) atoms. The molecule has 0 heterocycles. The first kappa shape index (κ1) is 15.0. The van der Waals surface area contributed by atoms with Crippen LogP contribution in [0.4, 0.5) is 0 Å². The number of hydrogen-bond donors (Lipinski definition) is 2. The van der Waals surface area contributed by atoms with E-state index in [1.165, 1.54) is 18.2 Å². The summed E-state index contributed by atoms with van der Waals surface area (Å²) >= 11 is 0. The van der Waals surface area contributed by atoms with Crippen LogP contribution in [0.25, 0.3) is 17.2 Å². The largest absolute Gasteiger partial charge is 0.478 e. The summed E-state index contributed by atoms with van der Waals surface area (Å²) in [7, 11) is -4.19. The molecular weight excluding hydrogens is 292 g/mol. The van der Waals surface area contributed by atoms with Crippen molar-refractivity contribution in [2.45, 2.75) is 4.90 Å². The fraction of sp³-hybridized carbons (Fsp3) is 0. The van der Waals surface area contributed by atoms with E-state index in [9.17, 15) is 13.2 Å². The average molecular weight is 304 g/mol. The Morgan fingerprint density at radius 1 is 0.905 bits per heavy atom. The molecule has 0 saturated carbocycles. The first-order chi connectivity index (χ1) is 9.86. The maximum absolute atomic E-state index is 11.0. The number of hydrogen-bond acceptors (Lipinski definition) is 3. The number of rotatable bonds is 4. The lowest BCUT2D eigenvalue weighted by Gasteiger charge is -2.03. The van der Waals surface area contributed by atoms with Crippen LogP contribution in [-0.2, 0) is 14.9 Å². The minimum Gasteiger partial charge on any atom is -0.478 e. The van der Waals surface area contributed by atoms with Crippen LogP contribution in [-0.4, -0.2) is 24.0 Å². The SMILES string of the molecule is O=C(O)C=Cc1ccc(-c2ccc(S(=O)(=O)O)cc2)cc1. The maximum Gasteiger partial charge on any atom is 0.328 e. The van der Waals surface area contributed by atoms with Crippen molar-refractivity contribution in [3.8, 4) is 11.1 Å². The quantitative estimate of drug-likeness (QED) is 0.669. The van der Waals surface area contributed by atoms with Crippen molar-refractivity contribution < 1.29 is 22.9 Å². The van der Waals surface area contributed by atoms with Gasteiger partial charge in [0.25, 0.3) is 10.1 Å². The number of carbonyl (C=O) groups is 1. The summed E-state index contributed by atoms with van der Waals surface area (Å²) in [5, 5.41) is 8.54. The maximum atomic E-state index is 11.0. The van der Waals surface area contributed by atoms with E-state index in [-0.39, 0.29) is 4.90 Å². The summed E-state index contributed by atoms with van der Waals surface area (Å²) in [5.41, 5.74) is 2.39. The molecule has 2 N–H and O–H groups in total. The van der Waals surface area contributed by atoms with Gasteiger partial charge in [-0.2, -0.15) is 8.42 Å². The summed E-state index contributed by atoms with van der Waals surface area (Å²) in [6, 6.07) is 12.9. The van der Waals surface area contributed by atoms with Gasteiger partial charge in [-0.05, 0) is 34.9 Å². The number of aliphatic carboxylic acids is 1. The van der Waals surface area contributed by atoms with Crippen LogP contribution in [0.15, 0.2) is 59.5 Å². The third-order valence-corrected chi connectivity index (χ3v) is 3.68. The molecule has 5 nitrogen and oxygen atoms in total. The highest BCUT2D eigenvalue weighted by Crippen LogP contribution is 2.22. The van der Waals surface area contributed by atoms with E-state index in [4.69, 9.17) is 9.66 Å². The van der Waals surface area contributed by atoms with Gasteiger partial charge in [0.05, 0.1) is 4.90 Å². The number of carboxylic acid groups (broad SMARTS) is 1. The van der Waals surface area contributed by atoms with Crippen LogP contribution in [0, 0.1) is 0 Å². The van der Waals surface area contributed by atoms with Crippen molar-refractivity contribution in [1.29, 1.82) is 0 Å².